The van der Waals surface area contributed by atoms with Crippen molar-refractivity contribution in [3.8, 4) is 12.1 Å². The lowest BCUT2D eigenvalue weighted by Gasteiger charge is -2.27. The number of anilines is 1. The van der Waals surface area contributed by atoms with E-state index in [1.54, 1.807) is 60.7 Å². The van der Waals surface area contributed by atoms with Gasteiger partial charge in [0.05, 0.1) is 40.8 Å². The quantitative estimate of drug-likeness (QED) is 0.526. The first kappa shape index (κ1) is 20.3. The maximum atomic E-state index is 13.5. The molecule has 0 unspecified atom stereocenters. The Morgan fingerprint density at radius 2 is 1.12 bits per heavy atom. The predicted octanol–water partition coefficient (Wildman–Crippen LogP) is 4.84. The molecule has 7 heteroatoms. The smallest absolute Gasteiger partial charge is 0.239 e. The molecule has 5 rings (SSSR count). The molecule has 0 aromatic heterocycles. The van der Waals surface area contributed by atoms with Gasteiger partial charge in [0.15, 0.2) is 0 Å². The Balaban J connectivity index is 1.63. The largest absolute Gasteiger partial charge is 0.274 e. The molecular weight excluding hydrogens is 445 g/mol. The van der Waals surface area contributed by atoms with Crippen LogP contribution in [-0.2, 0) is 15.0 Å². The van der Waals surface area contributed by atoms with Gasteiger partial charge >= 0.3 is 0 Å². The number of benzene rings is 3. The summed E-state index contributed by atoms with van der Waals surface area (Å²) in [5, 5.41) is 19.0. The maximum absolute atomic E-state index is 13.5. The summed E-state index contributed by atoms with van der Waals surface area (Å²) in [6, 6.07) is 22.7. The summed E-state index contributed by atoms with van der Waals surface area (Å²) in [6.45, 7) is 0. The molecular formula is C25H13Cl2N3O2. The Bertz CT molecular complexity index is 1270. The minimum Gasteiger partial charge on any atom is -0.274 e. The maximum Gasteiger partial charge on any atom is 0.239 e. The molecule has 0 bridgehead atoms. The first-order valence-electron chi connectivity index (χ1n) is 9.77. The monoisotopic (exact) mass is 457 g/mol. The van der Waals surface area contributed by atoms with E-state index in [4.69, 9.17) is 33.7 Å². The molecule has 2 aliphatic rings. The van der Waals surface area contributed by atoms with E-state index in [9.17, 15) is 9.59 Å². The van der Waals surface area contributed by atoms with Crippen molar-refractivity contribution in [3.05, 3.63) is 99.0 Å². The van der Waals surface area contributed by atoms with E-state index in [0.717, 1.165) is 16.0 Å². The van der Waals surface area contributed by atoms with Crippen molar-refractivity contribution >= 4 is 40.7 Å². The average Bonchev–Trinajstić information content (AvgIpc) is 3.42. The molecule has 0 spiro atoms. The second-order valence-corrected chi connectivity index (χ2v) is 8.72. The van der Waals surface area contributed by atoms with Gasteiger partial charge < -0.3 is 0 Å². The second-order valence-electron chi connectivity index (χ2n) is 7.84. The van der Waals surface area contributed by atoms with Crippen molar-refractivity contribution < 1.29 is 9.59 Å². The number of amides is 2. The molecule has 5 nitrogen and oxygen atoms in total. The number of nitriles is 2. The van der Waals surface area contributed by atoms with Crippen molar-refractivity contribution in [1.82, 2.24) is 0 Å². The Morgan fingerprint density at radius 3 is 1.50 bits per heavy atom. The standard InChI is InChI=1S/C25H13Cl2N3O2/c26-18-9-19(27)11-20(10-18)30-23(31)21-22(24(30)32)25(21,16-5-1-14(12-28)2-6-16)17-7-3-15(13-29)4-8-17/h1-11,21-22H/t21-,22+. The Morgan fingerprint density at radius 1 is 0.719 bits per heavy atom. The number of hydrogen-bond donors (Lipinski definition) is 0. The van der Waals surface area contributed by atoms with Crippen molar-refractivity contribution in [2.45, 2.75) is 5.41 Å². The van der Waals surface area contributed by atoms with Crippen LogP contribution in [0.25, 0.3) is 0 Å². The molecule has 2 fully saturated rings. The number of nitrogens with zero attached hydrogens (tertiary/aromatic N) is 3. The van der Waals surface area contributed by atoms with Crippen molar-refractivity contribution in [1.29, 1.82) is 10.5 Å². The van der Waals surface area contributed by atoms with Crippen molar-refractivity contribution in [3.63, 3.8) is 0 Å². The molecule has 1 aliphatic carbocycles. The number of hydrogen-bond acceptors (Lipinski definition) is 4. The van der Waals surface area contributed by atoms with Gasteiger partial charge in [0.2, 0.25) is 11.8 Å². The number of imide groups is 1. The zero-order valence-electron chi connectivity index (χ0n) is 16.4. The third-order valence-electron chi connectivity index (χ3n) is 6.27. The zero-order chi connectivity index (χ0) is 22.6. The molecule has 1 heterocycles. The van der Waals surface area contributed by atoms with Gasteiger partial charge in [-0.25, -0.2) is 4.90 Å². The van der Waals surface area contributed by atoms with Crippen LogP contribution in [0.4, 0.5) is 5.69 Å². The SMILES string of the molecule is N#Cc1ccc(C2(c3ccc(C#N)cc3)[C@@H]3C(=O)N(c4cc(Cl)cc(Cl)c4)C(=O)[C@@H]32)cc1. The number of carbonyl (C=O) groups is 2. The number of piperidine rings is 1. The van der Waals surface area contributed by atoms with Crippen molar-refractivity contribution in [2.75, 3.05) is 4.90 Å². The molecule has 3 aromatic carbocycles. The molecule has 2 atom stereocenters. The molecule has 32 heavy (non-hydrogen) atoms. The Kier molecular flexibility index (Phi) is 4.57. The van der Waals surface area contributed by atoms with Gasteiger partial charge in [0.25, 0.3) is 0 Å². The fourth-order valence-corrected chi connectivity index (χ4v) is 5.41. The second kappa shape index (κ2) is 7.21. The molecule has 1 saturated carbocycles. The topological polar surface area (TPSA) is 85.0 Å². The third-order valence-corrected chi connectivity index (χ3v) is 6.70. The number of carbonyl (C=O) groups excluding carboxylic acids is 2. The molecule has 1 saturated heterocycles. The highest BCUT2D eigenvalue weighted by atomic mass is 35.5. The van der Waals surface area contributed by atoms with Crippen LogP contribution in [-0.4, -0.2) is 11.8 Å². The highest BCUT2D eigenvalue weighted by Gasteiger charge is 2.78. The van der Waals surface area contributed by atoms with E-state index >= 15 is 0 Å². The van der Waals surface area contributed by atoms with Crippen LogP contribution in [0.15, 0.2) is 66.7 Å². The minimum atomic E-state index is -0.852. The first-order valence-corrected chi connectivity index (χ1v) is 10.5. The molecule has 1 aliphatic heterocycles. The van der Waals surface area contributed by atoms with Gasteiger partial charge in [0, 0.05) is 15.5 Å². The van der Waals surface area contributed by atoms with Gasteiger partial charge in [-0.1, -0.05) is 47.5 Å². The minimum absolute atomic E-state index is 0.327. The molecule has 0 N–H and O–H groups in total. The van der Waals surface area contributed by atoms with Gasteiger partial charge in [-0.05, 0) is 53.6 Å². The summed E-state index contributed by atoms with van der Waals surface area (Å²) in [6.07, 6.45) is 0. The van der Waals surface area contributed by atoms with Crippen LogP contribution >= 0.6 is 23.2 Å². The molecule has 2 amide bonds. The van der Waals surface area contributed by atoms with Gasteiger partial charge in [-0.3, -0.25) is 9.59 Å². The summed E-state index contributed by atoms with van der Waals surface area (Å²) in [5.41, 5.74) is 2.03. The fraction of sp³-hybridized carbons (Fsp3) is 0.120. The van der Waals surface area contributed by atoms with Gasteiger partial charge in [-0.2, -0.15) is 10.5 Å². The van der Waals surface area contributed by atoms with E-state index in [0.29, 0.717) is 26.9 Å². The average molecular weight is 458 g/mol. The lowest BCUT2D eigenvalue weighted by molar-refractivity contribution is -0.124. The lowest BCUT2D eigenvalue weighted by atomic mass is 9.82. The van der Waals surface area contributed by atoms with Crippen LogP contribution in [0.2, 0.25) is 10.0 Å². The fourth-order valence-electron chi connectivity index (χ4n) is 4.90. The van der Waals surface area contributed by atoms with Crippen LogP contribution in [0.1, 0.15) is 22.3 Å². The number of rotatable bonds is 3. The van der Waals surface area contributed by atoms with Crippen molar-refractivity contribution in [2.24, 2.45) is 11.8 Å². The summed E-state index contributed by atoms with van der Waals surface area (Å²) < 4.78 is 0. The third kappa shape index (κ3) is 2.76. The Hall–Kier alpha value is -3.64. The zero-order valence-corrected chi connectivity index (χ0v) is 17.9. The van der Waals surface area contributed by atoms with Crippen LogP contribution < -0.4 is 4.90 Å². The van der Waals surface area contributed by atoms with Crippen LogP contribution in [0, 0.1) is 34.5 Å². The highest BCUT2D eigenvalue weighted by molar-refractivity contribution is 6.36. The van der Waals surface area contributed by atoms with Crippen LogP contribution in [0.5, 0.6) is 0 Å². The van der Waals surface area contributed by atoms with E-state index in [1.807, 2.05) is 0 Å². The number of halogens is 2. The summed E-state index contributed by atoms with van der Waals surface area (Å²) in [4.78, 5) is 28.2. The molecule has 154 valence electrons. The van der Waals surface area contributed by atoms with Gasteiger partial charge in [-0.15, -0.1) is 0 Å². The predicted molar refractivity (Wildman–Crippen MR) is 119 cm³/mol. The molecule has 0 radical (unpaired) electrons. The van der Waals surface area contributed by atoms with E-state index in [2.05, 4.69) is 12.1 Å². The first-order chi connectivity index (χ1) is 15.4. The van der Waals surface area contributed by atoms with E-state index in [1.165, 1.54) is 6.07 Å². The van der Waals surface area contributed by atoms with E-state index < -0.39 is 17.3 Å². The Labute approximate surface area is 194 Å². The van der Waals surface area contributed by atoms with E-state index in [-0.39, 0.29) is 11.8 Å². The van der Waals surface area contributed by atoms with Gasteiger partial charge in [0.1, 0.15) is 0 Å². The number of fused-ring (bicyclic) bond motifs is 1. The normalized spacial score (nSPS) is 20.4. The summed E-state index contributed by atoms with van der Waals surface area (Å²) in [5.74, 6) is -1.86. The summed E-state index contributed by atoms with van der Waals surface area (Å²) >= 11 is 12.2. The summed E-state index contributed by atoms with van der Waals surface area (Å²) in [7, 11) is 0. The van der Waals surface area contributed by atoms with Crippen LogP contribution in [0.3, 0.4) is 0 Å². The highest BCUT2D eigenvalue weighted by Crippen LogP contribution is 2.68. The molecule has 3 aromatic rings. The lowest BCUT2D eigenvalue weighted by Crippen LogP contribution is -2.39.